The Hall–Kier alpha value is -4.80. The molecule has 0 spiro atoms. The maximum Gasteiger partial charge on any atom is 0.408 e. The van der Waals surface area contributed by atoms with Crippen molar-refractivity contribution < 1.29 is 37.2 Å². The molecule has 5 atom stereocenters. The Labute approximate surface area is 302 Å². The van der Waals surface area contributed by atoms with Crippen molar-refractivity contribution in [1.29, 1.82) is 0 Å². The van der Waals surface area contributed by atoms with E-state index < -0.39 is 74.1 Å². The number of benzene rings is 1. The summed E-state index contributed by atoms with van der Waals surface area (Å²) in [6.07, 6.45) is 8.72. The molecule has 17 heteroatoms. The number of sulfonamides is 1. The summed E-state index contributed by atoms with van der Waals surface area (Å²) >= 11 is 0. The van der Waals surface area contributed by atoms with Crippen molar-refractivity contribution in [1.82, 2.24) is 35.0 Å². The van der Waals surface area contributed by atoms with Crippen LogP contribution >= 0.6 is 0 Å². The summed E-state index contributed by atoms with van der Waals surface area (Å²) < 4.78 is 34.6. The lowest BCUT2D eigenvalue weighted by atomic mass is 9.85. The summed E-state index contributed by atoms with van der Waals surface area (Å²) in [6, 6.07) is 5.08. The van der Waals surface area contributed by atoms with Gasteiger partial charge in [-0.25, -0.2) is 22.9 Å². The van der Waals surface area contributed by atoms with Gasteiger partial charge in [0.05, 0.1) is 23.7 Å². The number of amides is 4. The highest BCUT2D eigenvalue weighted by molar-refractivity contribution is 7.91. The van der Waals surface area contributed by atoms with E-state index in [1.807, 2.05) is 24.3 Å². The Balaban J connectivity index is 1.23. The van der Waals surface area contributed by atoms with Crippen molar-refractivity contribution in [3.8, 4) is 5.69 Å². The van der Waals surface area contributed by atoms with Gasteiger partial charge in [0.1, 0.15) is 42.5 Å². The fourth-order valence-electron chi connectivity index (χ4n) is 6.82. The summed E-state index contributed by atoms with van der Waals surface area (Å²) in [4.78, 5) is 66.2. The standard InChI is InChI=1S/C35H46N8O8S/c1-5-23-17-35(23,32(46)41-52(48,49)26-14-15-26)40-30(44)28-16-25(51-38-18-22-10-6-9-13-27(22)43-21-36-20-37-43)19-42(28)31(45)29(34(2,3)4)39-33(47)50-24-11-7-8-12-24/h5-6,9-10,13,18,20-21,23-26,28-29H,1,7-8,11-12,14-17,19H2,2-4H3,(H,39,47)(H,40,44)(H,41,46)/b38-18+/t23-,25-,28+,29-,35+/m1/s1. The molecule has 280 valence electrons. The average Bonchev–Trinajstić information content (AvgIpc) is 3.84. The van der Waals surface area contributed by atoms with Crippen LogP contribution in [0.1, 0.15) is 77.7 Å². The molecule has 0 unspecified atom stereocenters. The van der Waals surface area contributed by atoms with Crippen LogP contribution in [0.5, 0.6) is 0 Å². The number of ether oxygens (including phenoxy) is 1. The van der Waals surface area contributed by atoms with E-state index in [9.17, 15) is 27.6 Å². The number of nitrogens with zero attached hydrogens (tertiary/aromatic N) is 5. The first-order valence-electron chi connectivity index (χ1n) is 17.6. The quantitative estimate of drug-likeness (QED) is 0.156. The molecule has 1 saturated heterocycles. The van der Waals surface area contributed by atoms with E-state index in [2.05, 4.69) is 37.2 Å². The van der Waals surface area contributed by atoms with Gasteiger partial charge in [0.25, 0.3) is 5.91 Å². The Bertz CT molecular complexity index is 1820. The number of hydrogen-bond donors (Lipinski definition) is 3. The van der Waals surface area contributed by atoms with Gasteiger partial charge in [0.15, 0.2) is 0 Å². The van der Waals surface area contributed by atoms with Crippen LogP contribution < -0.4 is 15.4 Å². The molecule has 0 bridgehead atoms. The zero-order valence-electron chi connectivity index (χ0n) is 29.6. The zero-order valence-corrected chi connectivity index (χ0v) is 30.4. The molecule has 4 aliphatic rings. The van der Waals surface area contributed by atoms with E-state index in [4.69, 9.17) is 9.57 Å². The minimum atomic E-state index is -3.89. The first-order valence-corrected chi connectivity index (χ1v) is 19.2. The summed E-state index contributed by atoms with van der Waals surface area (Å²) in [6.45, 7) is 9.07. The number of hydrogen-bond acceptors (Lipinski definition) is 11. The maximum absolute atomic E-state index is 14.4. The zero-order chi connectivity index (χ0) is 37.3. The minimum Gasteiger partial charge on any atom is -0.446 e. The van der Waals surface area contributed by atoms with Crippen molar-refractivity contribution in [3.63, 3.8) is 0 Å². The predicted molar refractivity (Wildman–Crippen MR) is 188 cm³/mol. The molecule has 16 nitrogen and oxygen atoms in total. The van der Waals surface area contributed by atoms with E-state index in [0.717, 1.165) is 25.7 Å². The van der Waals surface area contributed by atoms with Crippen LogP contribution in [0.25, 0.3) is 5.69 Å². The second-order valence-electron chi connectivity index (χ2n) is 15.0. The van der Waals surface area contributed by atoms with Gasteiger partial charge in [0.2, 0.25) is 21.8 Å². The van der Waals surface area contributed by atoms with Crippen molar-refractivity contribution in [2.24, 2.45) is 16.5 Å². The van der Waals surface area contributed by atoms with Gasteiger partial charge in [-0.2, -0.15) is 5.10 Å². The second-order valence-corrected chi connectivity index (χ2v) is 17.0. The van der Waals surface area contributed by atoms with Crippen LogP contribution in [0.2, 0.25) is 0 Å². The van der Waals surface area contributed by atoms with E-state index in [-0.39, 0.29) is 25.5 Å². The molecule has 4 fully saturated rings. The van der Waals surface area contributed by atoms with Gasteiger partial charge in [-0.15, -0.1) is 6.58 Å². The maximum atomic E-state index is 14.4. The van der Waals surface area contributed by atoms with Crippen molar-refractivity contribution in [2.75, 3.05) is 6.54 Å². The summed E-state index contributed by atoms with van der Waals surface area (Å²) in [5.74, 6) is -2.59. The van der Waals surface area contributed by atoms with E-state index in [1.165, 1.54) is 23.5 Å². The molecular formula is C35H46N8O8S. The average molecular weight is 739 g/mol. The monoisotopic (exact) mass is 738 g/mol. The molecule has 3 N–H and O–H groups in total. The highest BCUT2D eigenvalue weighted by Crippen LogP contribution is 2.45. The van der Waals surface area contributed by atoms with Gasteiger partial charge in [-0.05, 0) is 56.4 Å². The van der Waals surface area contributed by atoms with Crippen LogP contribution in [0.3, 0.4) is 0 Å². The molecule has 1 aromatic heterocycles. The molecule has 2 aromatic rings. The SMILES string of the molecule is C=C[C@@H]1C[C@@]1(NC(=O)[C@@H]1C[C@@H](O/N=C/c2ccccc2-n2cncn2)CN1C(=O)[C@@H](NC(=O)OC1CCCC1)C(C)(C)C)C(=O)NS(=O)(=O)C1CC1. The third-order valence-electron chi connectivity index (χ3n) is 10.1. The summed E-state index contributed by atoms with van der Waals surface area (Å²) in [5, 5.41) is 13.2. The number of carbonyl (C=O) groups is 4. The molecule has 52 heavy (non-hydrogen) atoms. The first-order chi connectivity index (χ1) is 24.7. The third kappa shape index (κ3) is 8.13. The second kappa shape index (κ2) is 14.7. The molecule has 3 saturated carbocycles. The lowest BCUT2D eigenvalue weighted by Crippen LogP contribution is -2.60. The molecule has 3 aliphatic carbocycles. The van der Waals surface area contributed by atoms with Gasteiger partial charge >= 0.3 is 6.09 Å². The topological polar surface area (TPSA) is 203 Å². The van der Waals surface area contributed by atoms with Crippen LogP contribution in [-0.4, -0.2) is 99.7 Å². The molecule has 6 rings (SSSR count). The van der Waals surface area contributed by atoms with E-state index >= 15 is 0 Å². The Kier molecular flexibility index (Phi) is 10.4. The normalized spacial score (nSPS) is 25.4. The van der Waals surface area contributed by atoms with Crippen molar-refractivity contribution >= 4 is 40.1 Å². The van der Waals surface area contributed by atoms with Gasteiger partial charge in [-0.3, -0.25) is 19.1 Å². The van der Waals surface area contributed by atoms with Gasteiger partial charge < -0.3 is 25.1 Å². The van der Waals surface area contributed by atoms with Crippen molar-refractivity contribution in [3.05, 3.63) is 55.1 Å². The molecule has 1 aliphatic heterocycles. The molecule has 0 radical (unpaired) electrons. The van der Waals surface area contributed by atoms with Crippen molar-refractivity contribution in [2.45, 2.75) is 107 Å². The highest BCUT2D eigenvalue weighted by atomic mass is 32.2. The lowest BCUT2D eigenvalue weighted by Gasteiger charge is -2.35. The van der Waals surface area contributed by atoms with Gasteiger partial charge in [-0.1, -0.05) is 50.2 Å². The van der Waals surface area contributed by atoms with Crippen LogP contribution in [0.15, 0.2) is 54.7 Å². The number of aromatic nitrogens is 3. The fraction of sp³-hybridized carbons (Fsp3) is 0.571. The minimum absolute atomic E-state index is 0.000151. The Morgan fingerprint density at radius 2 is 1.83 bits per heavy atom. The number of carbonyl (C=O) groups excluding carboxylic acids is 4. The summed E-state index contributed by atoms with van der Waals surface area (Å²) in [5.41, 5.74) is -0.975. The number of likely N-dealkylation sites (tertiary alicyclic amines) is 1. The molecule has 1 aromatic carbocycles. The molecular weight excluding hydrogens is 693 g/mol. The lowest BCUT2D eigenvalue weighted by molar-refractivity contribution is -0.143. The highest BCUT2D eigenvalue weighted by Gasteiger charge is 2.62. The van der Waals surface area contributed by atoms with Crippen LogP contribution in [-0.2, 0) is 34.0 Å². The van der Waals surface area contributed by atoms with Crippen LogP contribution in [0.4, 0.5) is 4.79 Å². The molecule has 2 heterocycles. The number of nitrogens with one attached hydrogen (secondary N) is 3. The molecule has 4 amide bonds. The van der Waals surface area contributed by atoms with Gasteiger partial charge in [0, 0.05) is 17.9 Å². The Morgan fingerprint density at radius 3 is 2.46 bits per heavy atom. The smallest absolute Gasteiger partial charge is 0.408 e. The first kappa shape index (κ1) is 37.0. The number of oxime groups is 1. The Morgan fingerprint density at radius 1 is 1.10 bits per heavy atom. The van der Waals surface area contributed by atoms with E-state index in [1.54, 1.807) is 31.8 Å². The third-order valence-corrected chi connectivity index (χ3v) is 11.9. The number of alkyl carbamates (subject to hydrolysis) is 1. The number of rotatable bonds is 13. The largest absolute Gasteiger partial charge is 0.446 e. The predicted octanol–water partition coefficient (Wildman–Crippen LogP) is 2.34. The number of para-hydroxylation sites is 1. The summed E-state index contributed by atoms with van der Waals surface area (Å²) in [7, 11) is -3.89. The fourth-order valence-corrected chi connectivity index (χ4v) is 8.18. The van der Waals surface area contributed by atoms with E-state index in [0.29, 0.717) is 24.1 Å². The van der Waals surface area contributed by atoms with Crippen LogP contribution in [0, 0.1) is 11.3 Å².